The molecule has 13 heterocycles. The van der Waals surface area contributed by atoms with Gasteiger partial charge in [-0.15, -0.1) is 135 Å². The van der Waals surface area contributed by atoms with Gasteiger partial charge in [0, 0.05) is 127 Å². The number of ether oxygens (including phenoxy) is 5. The number of pyridine rings is 6. The molecule has 0 aliphatic carbocycles. The molecule has 26 nitrogen and oxygen atoms in total. The summed E-state index contributed by atoms with van der Waals surface area (Å²) in [4.78, 5) is 65.0. The third-order valence-corrected chi connectivity index (χ3v) is 22.5. The van der Waals surface area contributed by atoms with Crippen LogP contribution < -0.4 is 58.9 Å². The number of aryl methyl sites for hydroxylation is 3. The molecule has 20 rings (SSSR count). The van der Waals surface area contributed by atoms with Gasteiger partial charge in [-0.25, -0.2) is 9.97 Å². The summed E-state index contributed by atoms with van der Waals surface area (Å²) in [6.07, 6.45) is 12.9. The van der Waals surface area contributed by atoms with Crippen LogP contribution in [0.4, 0.5) is 0 Å². The van der Waals surface area contributed by atoms with Crippen molar-refractivity contribution in [3.8, 4) is 109 Å². The van der Waals surface area contributed by atoms with Crippen molar-refractivity contribution in [1.82, 2.24) is 105 Å². The summed E-state index contributed by atoms with van der Waals surface area (Å²) >= 11 is 0. The molecule has 7 aromatic carbocycles. The third-order valence-electron chi connectivity index (χ3n) is 22.5. The Morgan fingerprint density at radius 3 is 1.26 bits per heavy atom. The van der Waals surface area contributed by atoms with E-state index in [0.29, 0.717) is 82.8 Å². The van der Waals surface area contributed by atoms with Crippen molar-refractivity contribution in [2.24, 2.45) is 5.41 Å². The maximum absolute atomic E-state index is 6.17. The molecule has 0 radical (unpaired) electrons. The van der Waals surface area contributed by atoms with Crippen molar-refractivity contribution >= 4 is 43.6 Å². The quantitative estimate of drug-likeness (QED) is 0.0255. The molecule has 29 heteroatoms. The number of unbranched alkanes of at least 4 members (excludes halogenated alkanes) is 5. The zero-order chi connectivity index (χ0) is 91.8. The molecule has 0 unspecified atom stereocenters. The van der Waals surface area contributed by atoms with Gasteiger partial charge in [-0.3, -0.25) is 40.0 Å². The fourth-order valence-corrected chi connectivity index (χ4v) is 15.7. The first-order chi connectivity index (χ1) is 66.4. The van der Waals surface area contributed by atoms with Crippen LogP contribution in [0, 0.1) is 44.4 Å². The predicted molar refractivity (Wildman–Crippen MR) is 520 cm³/mol. The molecule has 0 spiro atoms. The Labute approximate surface area is 843 Å². The Morgan fingerprint density at radius 1 is 0.341 bits per heavy atom. The average Bonchev–Trinajstić information content (AvgIpc) is 1.14. The molecule has 138 heavy (non-hydrogen) atoms. The molecule has 704 valence electrons. The van der Waals surface area contributed by atoms with Crippen LogP contribution in [0.1, 0.15) is 92.1 Å². The number of benzene rings is 7. The normalized spacial score (nSPS) is 11.2. The van der Waals surface area contributed by atoms with Crippen LogP contribution in [0.3, 0.4) is 0 Å². The van der Waals surface area contributed by atoms with Crippen molar-refractivity contribution < 1.29 is 85.9 Å². The van der Waals surface area contributed by atoms with Gasteiger partial charge in [0.05, 0.1) is 41.9 Å². The second-order valence-electron chi connectivity index (χ2n) is 33.3. The van der Waals surface area contributed by atoms with Crippen molar-refractivity contribution in [3.63, 3.8) is 0 Å². The largest absolute Gasteiger partial charge is 3.00 e. The van der Waals surface area contributed by atoms with Crippen LogP contribution in [-0.4, -0.2) is 116 Å². The summed E-state index contributed by atoms with van der Waals surface area (Å²) < 4.78 is 30.6. The zero-order valence-corrected chi connectivity index (χ0v) is 83.4. The van der Waals surface area contributed by atoms with Crippen molar-refractivity contribution in [2.75, 3.05) is 46.1 Å². The molecule has 0 aliphatic rings. The fourth-order valence-electron chi connectivity index (χ4n) is 15.7. The maximum Gasteiger partial charge on any atom is 3.00 e. The Bertz CT molecular complexity index is 6680. The monoisotopic (exact) mass is 2360 g/mol. The summed E-state index contributed by atoms with van der Waals surface area (Å²) in [6, 6.07) is 102. The zero-order valence-electron chi connectivity index (χ0n) is 76.4. The molecule has 0 saturated heterocycles. The predicted octanol–water partition coefficient (Wildman–Crippen LogP) is 19.5. The minimum atomic E-state index is -0.659. The summed E-state index contributed by atoms with van der Waals surface area (Å²) in [5.41, 5.74) is 16.9. The molecule has 0 bridgehead atoms. The smallest absolute Gasteiger partial charge is 0.660 e. The summed E-state index contributed by atoms with van der Waals surface area (Å²) in [5, 5.41) is 28.8. The van der Waals surface area contributed by atoms with E-state index >= 15 is 0 Å². The van der Waals surface area contributed by atoms with E-state index in [2.05, 4.69) is 220 Å². The Morgan fingerprint density at radius 2 is 0.783 bits per heavy atom. The minimum absolute atomic E-state index is 0. The minimum Gasteiger partial charge on any atom is -0.660 e. The molecule has 0 fully saturated rings. The second kappa shape index (κ2) is 48.6. The fraction of sp³-hybridized carbons (Fsp3) is 0.211. The number of hydrogen-bond donors (Lipinski definition) is 0. The standard InChI is InChI=1S/C41H36N3O2.C39H34N6.C29H27N12O3.Ir.2Pt/c1(3-10-29-45-36-25-23-33(24-26-36)39-21-13-20-38(44-39)32-15-6-5-7-16-32)2-4-11-30-46-40-22-14-28-43-41(40)35-18-12-17-34(31-35)37-19-8-9-27-42-37;1-5-14-36-28(10-1)20-32(40-36)24-44(25-33-21-29-11-2-6-15-37(29)41-33)18-9-19-45(26-34-22-30-12-3-7-16-38(30)42-34)27-35-23-31-13-4-8-17-39(31)43-35;1-17-31-26(39-36-17)21-12-11-20(13-30-21)42-14-29(4,15-43-24-9-5-7-22(34-24)27-32-18(2)37-40-27)16-44-25-10-6-8-23(35-25)28-33-19(3)38-41-28;;;/h5-9,12-15,17-23,25-28H,1-4,10-11,29-30H2;1-8,10-17,20-23H,9,18-19,24-27H2;5-13H,14-16H2,1-4H3;;;/q-3;-4;-3;+3;;. The van der Waals surface area contributed by atoms with Crippen LogP contribution >= 0.6 is 0 Å². The van der Waals surface area contributed by atoms with E-state index in [1.807, 2.05) is 128 Å². The molecule has 0 aliphatic heterocycles. The van der Waals surface area contributed by atoms with E-state index in [1.165, 1.54) is 34.4 Å². The molecule has 0 saturated carbocycles. The van der Waals surface area contributed by atoms with Gasteiger partial charge in [0.15, 0.2) is 0 Å². The van der Waals surface area contributed by atoms with Gasteiger partial charge in [0.25, 0.3) is 0 Å². The van der Waals surface area contributed by atoms with Gasteiger partial charge in [0.2, 0.25) is 11.8 Å². The van der Waals surface area contributed by atoms with E-state index in [0.717, 1.165) is 173 Å². The Hall–Kier alpha value is -14.0. The number of para-hydroxylation sites is 4. The van der Waals surface area contributed by atoms with Gasteiger partial charge in [-0.2, -0.15) is 0 Å². The van der Waals surface area contributed by atoms with Crippen LogP contribution in [0.25, 0.3) is 123 Å². The summed E-state index contributed by atoms with van der Waals surface area (Å²) in [6.45, 7) is 14.3. The first kappa shape index (κ1) is 98.5. The van der Waals surface area contributed by atoms with Gasteiger partial charge >= 0.3 is 20.1 Å². The van der Waals surface area contributed by atoms with E-state index in [4.69, 9.17) is 48.6 Å². The van der Waals surface area contributed by atoms with E-state index < -0.39 is 5.41 Å². The maximum atomic E-state index is 6.17. The van der Waals surface area contributed by atoms with Crippen LogP contribution in [0.2, 0.25) is 0 Å². The van der Waals surface area contributed by atoms with Crippen LogP contribution in [-0.2, 0) is 88.4 Å². The number of hydrogen-bond acceptors (Lipinski definition) is 19. The second-order valence-corrected chi connectivity index (χ2v) is 33.3. The van der Waals surface area contributed by atoms with Crippen molar-refractivity contribution in [2.45, 2.75) is 98.8 Å². The van der Waals surface area contributed by atoms with Gasteiger partial charge in [-0.1, -0.05) is 201 Å². The van der Waals surface area contributed by atoms with Crippen molar-refractivity contribution in [1.29, 1.82) is 0 Å². The third kappa shape index (κ3) is 27.0. The number of nitrogens with zero attached hydrogens (tertiary/aromatic N) is 21. The van der Waals surface area contributed by atoms with Crippen molar-refractivity contribution in [3.05, 3.63) is 356 Å². The van der Waals surface area contributed by atoms with Gasteiger partial charge in [-0.05, 0) is 153 Å². The molecule has 20 aromatic rings. The topological polar surface area (TPSA) is 306 Å². The molecule has 0 N–H and O–H groups in total. The molecular formula is C109H97IrN21O5Pt2-7. The SMILES string of the molecule is Cc1n[n-]c(-c2ccc(OCC(C)(COc3cccc(-c4nc(C)n[n-]4)n3)COc3cccc(-c4nc(C)n[n-]4)n3)cn2)n1.[Ir+3].[Pt].[Pt].[c-]1ccccc1-c1cccc(-c2[c-]cc(OCCCCCCCCOc3cccnc3-c3[c-]c(-c4ccccn4)ccc3)cc2)n1.c1ccc2[n-]c(CN(CCCN(Cc3cc4ccccc4[n-]3)Cc3cc4ccccc4[n-]3)Cc3cc4ccccc4[n-]3)cc2c1. The molecule has 13 aromatic heterocycles. The van der Waals surface area contributed by atoms with E-state index in [-0.39, 0.29) is 82.1 Å². The summed E-state index contributed by atoms with van der Waals surface area (Å²) in [7, 11) is 0. The first-order valence-electron chi connectivity index (χ1n) is 45.3. The van der Waals surface area contributed by atoms with Gasteiger partial charge < -0.3 is 78.9 Å². The van der Waals surface area contributed by atoms with Crippen LogP contribution in [0.15, 0.2) is 298 Å². The molecular weight excluding hydrogens is 2270 g/mol. The van der Waals surface area contributed by atoms with Crippen LogP contribution in [0.5, 0.6) is 29.0 Å². The summed E-state index contributed by atoms with van der Waals surface area (Å²) in [5.74, 6) is 6.03. The first-order valence-corrected chi connectivity index (χ1v) is 45.3. The number of fused-ring (bicyclic) bond motifs is 4. The van der Waals surface area contributed by atoms with Gasteiger partial charge in [0.1, 0.15) is 31.3 Å². The van der Waals surface area contributed by atoms with E-state index in [1.54, 1.807) is 75.8 Å². The Kier molecular flexibility index (Phi) is 34.7. The molecule has 0 atom stereocenters. The Balaban J connectivity index is 0.000000155. The number of rotatable bonds is 39. The van der Waals surface area contributed by atoms with E-state index in [9.17, 15) is 0 Å². The number of aromatic nitrogens is 19. The average molecular weight is 2360 g/mol. The molecule has 0 amide bonds.